The fourth-order valence-electron chi connectivity index (χ4n) is 2.69. The van der Waals surface area contributed by atoms with Gasteiger partial charge in [0.2, 0.25) is 0 Å². The monoisotopic (exact) mass is 279 g/mol. The van der Waals surface area contributed by atoms with Gasteiger partial charge in [-0.1, -0.05) is 55.5 Å². The molecule has 0 heterocycles. The third-order valence-corrected chi connectivity index (χ3v) is 3.71. The summed E-state index contributed by atoms with van der Waals surface area (Å²) < 4.78 is 13.6. The average Bonchev–Trinajstić information content (AvgIpc) is 2.52. The normalized spacial score (nSPS) is 11.0. The quantitative estimate of drug-likeness (QED) is 0.726. The Morgan fingerprint density at radius 3 is 2.57 bits per heavy atom. The van der Waals surface area contributed by atoms with Gasteiger partial charge in [-0.3, -0.25) is 0 Å². The Hall–Kier alpha value is -2.19. The van der Waals surface area contributed by atoms with E-state index in [-0.39, 0.29) is 5.82 Å². The summed E-state index contributed by atoms with van der Waals surface area (Å²) in [6.45, 7) is 3.59. The Balaban J connectivity index is 2.18. The Morgan fingerprint density at radius 1 is 0.905 bits per heavy atom. The topological polar surface area (TPSA) is 12.0 Å². The van der Waals surface area contributed by atoms with Crippen LogP contribution in [0.1, 0.15) is 12.5 Å². The lowest BCUT2D eigenvalue weighted by molar-refractivity contribution is 0.622. The minimum absolute atomic E-state index is 0.188. The molecule has 0 aromatic heterocycles. The Bertz CT molecular complexity index is 759. The van der Waals surface area contributed by atoms with Crippen LogP contribution in [-0.4, -0.2) is 6.54 Å². The van der Waals surface area contributed by atoms with Crippen LogP contribution >= 0.6 is 0 Å². The highest BCUT2D eigenvalue weighted by atomic mass is 19.1. The Morgan fingerprint density at radius 2 is 1.71 bits per heavy atom. The molecule has 0 aliphatic rings. The van der Waals surface area contributed by atoms with Gasteiger partial charge in [-0.25, -0.2) is 4.39 Å². The van der Waals surface area contributed by atoms with Crippen LogP contribution in [0, 0.1) is 5.82 Å². The van der Waals surface area contributed by atoms with Gasteiger partial charge in [-0.05, 0) is 46.1 Å². The van der Waals surface area contributed by atoms with Gasteiger partial charge in [0.25, 0.3) is 0 Å². The highest BCUT2D eigenvalue weighted by Gasteiger charge is 2.09. The number of hydrogen-bond acceptors (Lipinski definition) is 1. The van der Waals surface area contributed by atoms with E-state index in [1.54, 1.807) is 6.07 Å². The second-order valence-electron chi connectivity index (χ2n) is 5.11. The van der Waals surface area contributed by atoms with E-state index in [1.165, 1.54) is 16.8 Å². The summed E-state index contributed by atoms with van der Waals surface area (Å²) in [6, 6.07) is 19.6. The van der Waals surface area contributed by atoms with E-state index in [4.69, 9.17) is 0 Å². The molecule has 2 heteroatoms. The van der Waals surface area contributed by atoms with Crippen molar-refractivity contribution in [1.29, 1.82) is 0 Å². The minimum atomic E-state index is -0.188. The third-order valence-electron chi connectivity index (χ3n) is 3.71. The highest BCUT2D eigenvalue weighted by Crippen LogP contribution is 2.31. The van der Waals surface area contributed by atoms with Crippen molar-refractivity contribution in [3.63, 3.8) is 0 Å². The van der Waals surface area contributed by atoms with Crippen molar-refractivity contribution in [2.24, 2.45) is 0 Å². The molecule has 0 aliphatic heterocycles. The lowest BCUT2D eigenvalue weighted by Gasteiger charge is -2.13. The number of rotatable bonds is 4. The molecular weight excluding hydrogens is 261 g/mol. The first-order valence-electron chi connectivity index (χ1n) is 7.27. The van der Waals surface area contributed by atoms with Gasteiger partial charge in [0.15, 0.2) is 0 Å². The number of halogens is 1. The van der Waals surface area contributed by atoms with E-state index in [1.807, 2.05) is 18.2 Å². The number of benzene rings is 3. The lowest BCUT2D eigenvalue weighted by atomic mass is 9.94. The standard InChI is InChI=1S/C19H18FN/c1-2-21-13-15-12-16(20)10-11-18(15)19-9-5-7-14-6-3-4-8-17(14)19/h3-12,21H,2,13H2,1H3. The summed E-state index contributed by atoms with van der Waals surface area (Å²) in [4.78, 5) is 0. The molecule has 1 nitrogen and oxygen atoms in total. The number of hydrogen-bond donors (Lipinski definition) is 1. The molecule has 0 fully saturated rings. The summed E-state index contributed by atoms with van der Waals surface area (Å²) >= 11 is 0. The van der Waals surface area contributed by atoms with Crippen LogP contribution in [-0.2, 0) is 6.54 Å². The molecule has 1 N–H and O–H groups in total. The van der Waals surface area contributed by atoms with Crippen molar-refractivity contribution in [2.75, 3.05) is 6.54 Å². The van der Waals surface area contributed by atoms with Gasteiger partial charge < -0.3 is 5.32 Å². The molecule has 21 heavy (non-hydrogen) atoms. The van der Waals surface area contributed by atoms with Gasteiger partial charge in [0, 0.05) is 6.54 Å². The van der Waals surface area contributed by atoms with Gasteiger partial charge in [0.1, 0.15) is 5.82 Å². The highest BCUT2D eigenvalue weighted by molar-refractivity contribution is 5.97. The molecular formula is C19H18FN. The fraction of sp³-hybridized carbons (Fsp3) is 0.158. The van der Waals surface area contributed by atoms with E-state index < -0.39 is 0 Å². The van der Waals surface area contributed by atoms with Gasteiger partial charge >= 0.3 is 0 Å². The zero-order valence-corrected chi connectivity index (χ0v) is 12.1. The maximum Gasteiger partial charge on any atom is 0.123 e. The summed E-state index contributed by atoms with van der Waals surface area (Å²) in [6.07, 6.45) is 0. The smallest absolute Gasteiger partial charge is 0.123 e. The van der Waals surface area contributed by atoms with E-state index >= 15 is 0 Å². The summed E-state index contributed by atoms with van der Waals surface area (Å²) in [7, 11) is 0. The predicted octanol–water partition coefficient (Wildman–Crippen LogP) is 4.76. The molecule has 0 unspecified atom stereocenters. The van der Waals surface area contributed by atoms with Gasteiger partial charge in [-0.15, -0.1) is 0 Å². The van der Waals surface area contributed by atoms with Gasteiger partial charge in [-0.2, -0.15) is 0 Å². The molecule has 106 valence electrons. The van der Waals surface area contributed by atoms with E-state index in [2.05, 4.69) is 42.6 Å². The maximum atomic E-state index is 13.6. The van der Waals surface area contributed by atoms with Gasteiger partial charge in [0.05, 0.1) is 0 Å². The van der Waals surface area contributed by atoms with Crippen LogP contribution in [0.5, 0.6) is 0 Å². The molecule has 0 spiro atoms. The molecule has 0 saturated heterocycles. The second-order valence-corrected chi connectivity index (χ2v) is 5.11. The molecule has 0 atom stereocenters. The van der Waals surface area contributed by atoms with Crippen molar-refractivity contribution in [3.05, 3.63) is 72.0 Å². The molecule has 3 aromatic rings. The van der Waals surface area contributed by atoms with Crippen LogP contribution in [0.3, 0.4) is 0 Å². The molecule has 3 rings (SSSR count). The first-order valence-corrected chi connectivity index (χ1v) is 7.27. The van der Waals surface area contributed by atoms with Crippen LogP contribution in [0.25, 0.3) is 21.9 Å². The minimum Gasteiger partial charge on any atom is -0.313 e. The SMILES string of the molecule is CCNCc1cc(F)ccc1-c1cccc2ccccc12. The molecule has 0 bridgehead atoms. The summed E-state index contributed by atoms with van der Waals surface area (Å²) in [5.41, 5.74) is 3.24. The van der Waals surface area contributed by atoms with Crippen LogP contribution in [0.15, 0.2) is 60.7 Å². The predicted molar refractivity (Wildman–Crippen MR) is 86.7 cm³/mol. The molecule has 0 saturated carbocycles. The summed E-state index contributed by atoms with van der Waals surface area (Å²) in [5, 5.41) is 5.68. The number of fused-ring (bicyclic) bond motifs is 1. The average molecular weight is 279 g/mol. The van der Waals surface area contributed by atoms with Crippen molar-refractivity contribution in [2.45, 2.75) is 13.5 Å². The largest absolute Gasteiger partial charge is 0.313 e. The Labute approximate surface area is 124 Å². The maximum absolute atomic E-state index is 13.6. The number of nitrogens with one attached hydrogen (secondary N) is 1. The van der Waals surface area contributed by atoms with Crippen LogP contribution < -0.4 is 5.32 Å². The van der Waals surface area contributed by atoms with E-state index in [9.17, 15) is 4.39 Å². The second kappa shape index (κ2) is 6.06. The summed E-state index contributed by atoms with van der Waals surface area (Å²) in [5.74, 6) is -0.188. The Kier molecular flexibility index (Phi) is 3.98. The van der Waals surface area contributed by atoms with Crippen molar-refractivity contribution in [3.8, 4) is 11.1 Å². The van der Waals surface area contributed by atoms with Crippen molar-refractivity contribution in [1.82, 2.24) is 5.32 Å². The lowest BCUT2D eigenvalue weighted by Crippen LogP contribution is -2.12. The first-order chi connectivity index (χ1) is 10.3. The van der Waals surface area contributed by atoms with Crippen molar-refractivity contribution < 1.29 is 4.39 Å². The van der Waals surface area contributed by atoms with Crippen LogP contribution in [0.2, 0.25) is 0 Å². The molecule has 0 amide bonds. The fourth-order valence-corrected chi connectivity index (χ4v) is 2.69. The van der Waals surface area contributed by atoms with E-state index in [0.29, 0.717) is 6.54 Å². The van der Waals surface area contributed by atoms with Crippen molar-refractivity contribution >= 4 is 10.8 Å². The zero-order valence-electron chi connectivity index (χ0n) is 12.1. The molecule has 3 aromatic carbocycles. The van der Waals surface area contributed by atoms with Crippen LogP contribution in [0.4, 0.5) is 4.39 Å². The molecule has 0 aliphatic carbocycles. The van der Waals surface area contributed by atoms with E-state index in [0.717, 1.165) is 23.2 Å². The molecule has 0 radical (unpaired) electrons. The first kappa shape index (κ1) is 13.8. The third kappa shape index (κ3) is 2.81. The zero-order chi connectivity index (χ0) is 14.7.